The van der Waals surface area contributed by atoms with Crippen LogP contribution < -0.4 is 16.4 Å². The molecule has 0 aliphatic carbocycles. The molecule has 0 aliphatic heterocycles. The van der Waals surface area contributed by atoms with E-state index in [1.165, 1.54) is 34.6 Å². The molecule has 0 bridgehead atoms. The van der Waals surface area contributed by atoms with E-state index in [4.69, 9.17) is 11.6 Å². The van der Waals surface area contributed by atoms with Crippen molar-refractivity contribution in [3.05, 3.63) is 61.6 Å². The number of halogens is 2. The van der Waals surface area contributed by atoms with Gasteiger partial charge in [0.1, 0.15) is 16.2 Å². The molecular formula is C20H24ClFN4O2. The van der Waals surface area contributed by atoms with Crippen LogP contribution in [0.15, 0.2) is 34.1 Å². The molecule has 3 rings (SSSR count). The van der Waals surface area contributed by atoms with Gasteiger partial charge in [-0.05, 0) is 31.0 Å². The lowest BCUT2D eigenvalue weighted by Crippen LogP contribution is -2.27. The minimum absolute atomic E-state index is 0.0653. The van der Waals surface area contributed by atoms with Gasteiger partial charge in [-0.25, -0.2) is 9.37 Å². The molecule has 28 heavy (non-hydrogen) atoms. The van der Waals surface area contributed by atoms with Crippen LogP contribution >= 0.6 is 11.6 Å². The summed E-state index contributed by atoms with van der Waals surface area (Å²) in [5.41, 5.74) is 0.262. The second-order valence-corrected chi connectivity index (χ2v) is 6.48. The summed E-state index contributed by atoms with van der Waals surface area (Å²) in [7, 11) is 1.49. The Morgan fingerprint density at radius 3 is 2.50 bits per heavy atom. The molecule has 3 aromatic rings. The van der Waals surface area contributed by atoms with Crippen LogP contribution in [-0.2, 0) is 13.6 Å². The van der Waals surface area contributed by atoms with E-state index in [2.05, 4.69) is 10.3 Å². The maximum absolute atomic E-state index is 14.3. The highest BCUT2D eigenvalue weighted by atomic mass is 35.5. The van der Waals surface area contributed by atoms with Gasteiger partial charge in [0.15, 0.2) is 5.65 Å². The van der Waals surface area contributed by atoms with Crippen LogP contribution in [-0.4, -0.2) is 14.1 Å². The summed E-state index contributed by atoms with van der Waals surface area (Å²) >= 11 is 6.22. The zero-order chi connectivity index (χ0) is 21.0. The summed E-state index contributed by atoms with van der Waals surface area (Å²) < 4.78 is 16.9. The van der Waals surface area contributed by atoms with Crippen LogP contribution in [0.3, 0.4) is 0 Å². The molecule has 0 saturated carbocycles. The van der Waals surface area contributed by atoms with E-state index in [1.807, 2.05) is 20.8 Å². The highest BCUT2D eigenvalue weighted by Crippen LogP contribution is 2.29. The molecule has 0 fully saturated rings. The third-order valence-corrected chi connectivity index (χ3v) is 4.50. The zero-order valence-electron chi connectivity index (χ0n) is 16.6. The Bertz CT molecular complexity index is 1120. The van der Waals surface area contributed by atoms with Gasteiger partial charge in [-0.1, -0.05) is 38.4 Å². The predicted octanol–water partition coefficient (Wildman–Crippen LogP) is 4.38. The van der Waals surface area contributed by atoms with Gasteiger partial charge in [0.2, 0.25) is 0 Å². The molecule has 6 nitrogen and oxygen atoms in total. The van der Waals surface area contributed by atoms with Gasteiger partial charge < -0.3 is 5.32 Å². The Kier molecular flexibility index (Phi) is 6.96. The standard InChI is InChI=1S/C18H18ClFN4O2.C2H6/c1-4-7-24-9-21-16-13(17(24)25)15(14(19)18(26)23(16)3)22-12-6-5-10(2)8-11(12)20;1-2/h5-6,8-9,22H,4,7H2,1-3H3;1-2H3. The first-order chi connectivity index (χ1) is 13.3. The minimum Gasteiger partial charge on any atom is -0.351 e. The summed E-state index contributed by atoms with van der Waals surface area (Å²) in [5, 5.41) is 2.77. The van der Waals surface area contributed by atoms with Gasteiger partial charge in [-0.2, -0.15) is 0 Å². The number of hydrogen-bond acceptors (Lipinski definition) is 4. The second kappa shape index (κ2) is 9.01. The zero-order valence-corrected chi connectivity index (χ0v) is 17.4. The van der Waals surface area contributed by atoms with E-state index in [9.17, 15) is 14.0 Å². The van der Waals surface area contributed by atoms with Crippen molar-refractivity contribution in [2.24, 2.45) is 7.05 Å². The van der Waals surface area contributed by atoms with Crippen molar-refractivity contribution in [3.63, 3.8) is 0 Å². The van der Waals surface area contributed by atoms with Crippen molar-refractivity contribution < 1.29 is 4.39 Å². The third-order valence-electron chi connectivity index (χ3n) is 4.15. The van der Waals surface area contributed by atoms with Crippen LogP contribution in [0.2, 0.25) is 5.02 Å². The summed E-state index contributed by atoms with van der Waals surface area (Å²) in [6.45, 7) is 8.17. The predicted molar refractivity (Wildman–Crippen MR) is 112 cm³/mol. The number of nitrogens with one attached hydrogen (secondary N) is 1. The Morgan fingerprint density at radius 1 is 1.21 bits per heavy atom. The molecule has 0 atom stereocenters. The maximum Gasteiger partial charge on any atom is 0.272 e. The highest BCUT2D eigenvalue weighted by molar-refractivity contribution is 6.34. The van der Waals surface area contributed by atoms with Crippen molar-refractivity contribution in [2.45, 2.75) is 40.7 Å². The largest absolute Gasteiger partial charge is 0.351 e. The van der Waals surface area contributed by atoms with Gasteiger partial charge >= 0.3 is 0 Å². The molecule has 0 saturated heterocycles. The lowest BCUT2D eigenvalue weighted by Gasteiger charge is -2.15. The molecule has 0 amide bonds. The lowest BCUT2D eigenvalue weighted by atomic mass is 10.2. The number of anilines is 2. The van der Waals surface area contributed by atoms with Crippen LogP contribution in [0.4, 0.5) is 15.8 Å². The van der Waals surface area contributed by atoms with E-state index >= 15 is 0 Å². The van der Waals surface area contributed by atoms with Crippen LogP contribution in [0.5, 0.6) is 0 Å². The summed E-state index contributed by atoms with van der Waals surface area (Å²) in [6, 6.07) is 4.61. The Labute approximate surface area is 167 Å². The summed E-state index contributed by atoms with van der Waals surface area (Å²) in [5.74, 6) is -0.507. The molecular weight excluding hydrogens is 383 g/mol. The lowest BCUT2D eigenvalue weighted by molar-refractivity contribution is 0.630. The Morgan fingerprint density at radius 2 is 1.89 bits per heavy atom. The highest BCUT2D eigenvalue weighted by Gasteiger charge is 2.19. The maximum atomic E-state index is 14.3. The van der Waals surface area contributed by atoms with E-state index in [0.29, 0.717) is 6.54 Å². The fraction of sp³-hybridized carbons (Fsp3) is 0.350. The number of rotatable bonds is 4. The number of pyridine rings is 1. The van der Waals surface area contributed by atoms with Gasteiger partial charge in [0.25, 0.3) is 11.1 Å². The van der Waals surface area contributed by atoms with Gasteiger partial charge in [0.05, 0.1) is 17.7 Å². The number of fused-ring (bicyclic) bond motifs is 1. The van der Waals surface area contributed by atoms with E-state index in [1.54, 1.807) is 13.0 Å². The van der Waals surface area contributed by atoms with Crippen LogP contribution in [0, 0.1) is 12.7 Å². The quantitative estimate of drug-likeness (QED) is 0.698. The number of aromatic nitrogens is 3. The first-order valence-corrected chi connectivity index (χ1v) is 9.53. The first-order valence-electron chi connectivity index (χ1n) is 9.16. The number of nitrogens with zero attached hydrogens (tertiary/aromatic N) is 3. The van der Waals surface area contributed by atoms with Gasteiger partial charge in [-0.3, -0.25) is 18.7 Å². The van der Waals surface area contributed by atoms with Crippen LogP contribution in [0.25, 0.3) is 11.0 Å². The fourth-order valence-electron chi connectivity index (χ4n) is 2.79. The van der Waals surface area contributed by atoms with Gasteiger partial charge in [-0.15, -0.1) is 0 Å². The molecule has 0 radical (unpaired) electrons. The SMILES string of the molecule is CC.CCCn1cnc2c(c(Nc3ccc(C)cc3F)c(Cl)c(=O)n2C)c1=O. The molecule has 1 aromatic carbocycles. The van der Waals surface area contributed by atoms with Crippen LogP contribution in [0.1, 0.15) is 32.8 Å². The van der Waals surface area contributed by atoms with Gasteiger partial charge in [0, 0.05) is 13.6 Å². The van der Waals surface area contributed by atoms with Crippen molar-refractivity contribution in [1.82, 2.24) is 14.1 Å². The Hall–Kier alpha value is -2.67. The van der Waals surface area contributed by atoms with Crippen molar-refractivity contribution in [3.8, 4) is 0 Å². The molecule has 1 N–H and O–H groups in total. The molecule has 0 aliphatic rings. The number of aryl methyl sites for hydroxylation is 3. The molecule has 150 valence electrons. The van der Waals surface area contributed by atoms with Crippen molar-refractivity contribution >= 4 is 34.0 Å². The topological polar surface area (TPSA) is 68.9 Å². The molecule has 0 spiro atoms. The smallest absolute Gasteiger partial charge is 0.272 e. The summed E-state index contributed by atoms with van der Waals surface area (Å²) in [6.07, 6.45) is 2.14. The normalized spacial score (nSPS) is 10.5. The van der Waals surface area contributed by atoms with E-state index in [-0.39, 0.29) is 33.0 Å². The molecule has 2 aromatic heterocycles. The fourth-order valence-corrected chi connectivity index (χ4v) is 3.06. The van der Waals surface area contributed by atoms with E-state index in [0.717, 1.165) is 12.0 Å². The molecule has 8 heteroatoms. The first kappa shape index (κ1) is 21.6. The third kappa shape index (κ3) is 3.94. The average Bonchev–Trinajstić information content (AvgIpc) is 2.68. The average molecular weight is 407 g/mol. The molecule has 0 unspecified atom stereocenters. The second-order valence-electron chi connectivity index (χ2n) is 6.10. The van der Waals surface area contributed by atoms with Crippen molar-refractivity contribution in [2.75, 3.05) is 5.32 Å². The minimum atomic E-state index is -0.519. The number of hydrogen-bond donors (Lipinski definition) is 1. The Balaban J connectivity index is 0.00000136. The van der Waals surface area contributed by atoms with Crippen molar-refractivity contribution in [1.29, 1.82) is 0 Å². The number of benzene rings is 1. The molecule has 2 heterocycles. The summed E-state index contributed by atoms with van der Waals surface area (Å²) in [4.78, 5) is 29.5. The van der Waals surface area contributed by atoms with E-state index < -0.39 is 11.4 Å². The monoisotopic (exact) mass is 406 g/mol.